The fourth-order valence-corrected chi connectivity index (χ4v) is 4.06. The van der Waals surface area contributed by atoms with E-state index in [9.17, 15) is 14.8 Å². The first-order valence-corrected chi connectivity index (χ1v) is 11.5. The number of esters is 1. The second-order valence-corrected chi connectivity index (χ2v) is 9.16. The first-order chi connectivity index (χ1) is 16.7. The summed E-state index contributed by atoms with van der Waals surface area (Å²) in [5.74, 6) is 0.371. The largest absolute Gasteiger partial charge is 0.490 e. The van der Waals surface area contributed by atoms with Crippen molar-refractivity contribution in [1.82, 2.24) is 4.90 Å². The maximum atomic E-state index is 11.8. The molecule has 1 amide bonds. The van der Waals surface area contributed by atoms with E-state index in [4.69, 9.17) is 9.47 Å². The lowest BCUT2D eigenvalue weighted by Crippen LogP contribution is -2.43. The maximum Gasteiger partial charge on any atom is 0.411 e. The summed E-state index contributed by atoms with van der Waals surface area (Å²) < 4.78 is 15.4. The van der Waals surface area contributed by atoms with E-state index >= 15 is 0 Å². The van der Waals surface area contributed by atoms with Gasteiger partial charge in [-0.15, -0.1) is 0 Å². The van der Waals surface area contributed by atoms with E-state index in [1.165, 1.54) is 12.0 Å². The number of ether oxygens (including phenoxy) is 3. The van der Waals surface area contributed by atoms with Gasteiger partial charge >= 0.3 is 12.1 Å². The lowest BCUT2D eigenvalue weighted by atomic mass is 10.1. The number of hydrogen-bond acceptors (Lipinski definition) is 7. The molecule has 1 N–H and O–H groups in total. The third-order valence-electron chi connectivity index (χ3n) is 5.54. The quantitative estimate of drug-likeness (QED) is 0.244. The number of oxime groups is 1. The van der Waals surface area contributed by atoms with Gasteiger partial charge in [0.15, 0.2) is 0 Å². The monoisotopic (exact) mass is 480 g/mol. The molecule has 8 nitrogen and oxygen atoms in total. The van der Waals surface area contributed by atoms with E-state index in [0.29, 0.717) is 25.3 Å². The third-order valence-corrected chi connectivity index (χ3v) is 5.54. The first kappa shape index (κ1) is 25.8. The van der Waals surface area contributed by atoms with Crippen LogP contribution >= 0.6 is 0 Å². The molecule has 2 aromatic rings. The molecule has 8 heteroatoms. The number of hydrogen-bond donors (Lipinski definition) is 1. The molecule has 0 bridgehead atoms. The van der Waals surface area contributed by atoms with Gasteiger partial charge in [0.1, 0.15) is 29.7 Å². The highest BCUT2D eigenvalue weighted by Crippen LogP contribution is 2.38. The van der Waals surface area contributed by atoms with E-state index in [1.54, 1.807) is 26.8 Å². The predicted octanol–water partition coefficient (Wildman–Crippen LogP) is 5.02. The Balaban J connectivity index is 0.000000199. The predicted molar refractivity (Wildman–Crippen MR) is 133 cm³/mol. The smallest absolute Gasteiger partial charge is 0.411 e. The van der Waals surface area contributed by atoms with E-state index in [1.807, 2.05) is 42.5 Å². The summed E-state index contributed by atoms with van der Waals surface area (Å²) in [6.45, 7) is 10.0. The van der Waals surface area contributed by atoms with Gasteiger partial charge in [-0.05, 0) is 62.9 Å². The molecule has 0 radical (unpaired) electrons. The molecule has 1 fully saturated rings. The second kappa shape index (κ2) is 11.1. The minimum Gasteiger partial charge on any atom is -0.490 e. The average molecular weight is 481 g/mol. The van der Waals surface area contributed by atoms with Crippen LogP contribution in [0.3, 0.4) is 0 Å². The van der Waals surface area contributed by atoms with Crippen molar-refractivity contribution >= 4 is 17.8 Å². The number of likely N-dealkylation sites (tertiary alicyclic amines) is 1. The van der Waals surface area contributed by atoms with Gasteiger partial charge < -0.3 is 19.4 Å². The van der Waals surface area contributed by atoms with E-state index in [-0.39, 0.29) is 5.97 Å². The normalized spacial score (nSPS) is 17.1. The van der Waals surface area contributed by atoms with Crippen LogP contribution in [0.4, 0.5) is 4.79 Å². The molecule has 0 saturated carbocycles. The van der Waals surface area contributed by atoms with E-state index < -0.39 is 17.7 Å². The van der Waals surface area contributed by atoms with Gasteiger partial charge in [0.2, 0.25) is 0 Å². The number of amides is 1. The molecule has 186 valence electrons. The van der Waals surface area contributed by atoms with Crippen LogP contribution in [0.2, 0.25) is 0 Å². The standard InChI is InChI=1S/C16H13NO2.C11H19NO4/c1-2-9-19-11-7-8-13-12-5-3-4-6-14(12)16(17-18)15(13)10-11;1-11(2,3)16-10(14)12-7-5-6-8(12)9(13)15-4/h2-8,10,18H,1,9H2;8H,5-7H2,1-4H3/b17-16-;/t;8-/m.0/s1. The highest BCUT2D eigenvalue weighted by Gasteiger charge is 2.37. The first-order valence-electron chi connectivity index (χ1n) is 11.5. The van der Waals surface area contributed by atoms with Gasteiger partial charge in [-0.3, -0.25) is 4.90 Å². The fraction of sp³-hybridized carbons (Fsp3) is 0.370. The van der Waals surface area contributed by atoms with Crippen molar-refractivity contribution in [3.8, 4) is 16.9 Å². The van der Waals surface area contributed by atoms with E-state index in [0.717, 1.165) is 34.4 Å². The van der Waals surface area contributed by atoms with Crippen LogP contribution in [0.25, 0.3) is 11.1 Å². The van der Waals surface area contributed by atoms with Crippen LogP contribution in [-0.4, -0.2) is 59.8 Å². The summed E-state index contributed by atoms with van der Waals surface area (Å²) in [6, 6.07) is 13.2. The molecule has 4 rings (SSSR count). The summed E-state index contributed by atoms with van der Waals surface area (Å²) in [5, 5.41) is 12.7. The lowest BCUT2D eigenvalue weighted by molar-refractivity contribution is -0.145. The van der Waals surface area contributed by atoms with Gasteiger partial charge in [-0.2, -0.15) is 0 Å². The zero-order chi connectivity index (χ0) is 25.6. The van der Waals surface area contributed by atoms with Gasteiger partial charge in [-0.25, -0.2) is 9.59 Å². The Morgan fingerprint density at radius 2 is 1.83 bits per heavy atom. The highest BCUT2D eigenvalue weighted by atomic mass is 16.6. The van der Waals surface area contributed by atoms with Crippen LogP contribution in [0.15, 0.2) is 60.3 Å². The Kier molecular flexibility index (Phi) is 8.17. The van der Waals surface area contributed by atoms with Crippen molar-refractivity contribution in [2.45, 2.75) is 45.3 Å². The summed E-state index contributed by atoms with van der Waals surface area (Å²) in [4.78, 5) is 24.7. The molecule has 1 aliphatic heterocycles. The molecule has 1 saturated heterocycles. The second-order valence-electron chi connectivity index (χ2n) is 9.16. The van der Waals surface area contributed by atoms with Crippen molar-refractivity contribution in [1.29, 1.82) is 0 Å². The molecule has 1 aliphatic carbocycles. The summed E-state index contributed by atoms with van der Waals surface area (Å²) in [6.07, 6.45) is 2.70. The van der Waals surface area contributed by atoms with Gasteiger partial charge in [-0.1, -0.05) is 42.1 Å². The minimum atomic E-state index is -0.541. The molecule has 2 aliphatic rings. The Bertz CT molecular complexity index is 1120. The van der Waals surface area contributed by atoms with Crippen LogP contribution in [0.1, 0.15) is 44.7 Å². The lowest BCUT2D eigenvalue weighted by Gasteiger charge is -2.27. The number of carbonyl (C=O) groups excluding carboxylic acids is 2. The summed E-state index contributed by atoms with van der Waals surface area (Å²) in [5.41, 5.74) is 4.04. The average Bonchev–Trinajstić information content (AvgIpc) is 3.44. The highest BCUT2D eigenvalue weighted by molar-refractivity contribution is 6.24. The zero-order valence-electron chi connectivity index (χ0n) is 20.6. The number of carbonyl (C=O) groups is 2. The number of rotatable bonds is 4. The van der Waals surface area contributed by atoms with Gasteiger partial charge in [0.25, 0.3) is 0 Å². The molecule has 1 atom stereocenters. The van der Waals surface area contributed by atoms with Crippen molar-refractivity contribution in [2.75, 3.05) is 20.3 Å². The summed E-state index contributed by atoms with van der Waals surface area (Å²) in [7, 11) is 1.33. The molecular weight excluding hydrogens is 448 g/mol. The Morgan fingerprint density at radius 3 is 2.46 bits per heavy atom. The zero-order valence-corrected chi connectivity index (χ0v) is 20.6. The SMILES string of the molecule is C=CCOc1ccc2c(c1)/C(=N\O)c1ccccc1-2.COC(=O)[C@@H]1CCCN1C(=O)OC(C)(C)C. The van der Waals surface area contributed by atoms with Crippen molar-refractivity contribution in [2.24, 2.45) is 5.16 Å². The number of fused-ring (bicyclic) bond motifs is 3. The molecular formula is C27H32N2O6. The third kappa shape index (κ3) is 6.01. The fourth-order valence-electron chi connectivity index (χ4n) is 4.06. The number of benzene rings is 2. The number of nitrogens with zero attached hydrogens (tertiary/aromatic N) is 2. The Morgan fingerprint density at radius 1 is 1.14 bits per heavy atom. The number of methoxy groups -OCH3 is 1. The molecule has 0 unspecified atom stereocenters. The van der Waals surface area contributed by atoms with Crippen molar-refractivity contribution in [3.63, 3.8) is 0 Å². The Hall–Kier alpha value is -3.81. The van der Waals surface area contributed by atoms with Crippen LogP contribution in [0.5, 0.6) is 5.75 Å². The molecule has 0 spiro atoms. The van der Waals surface area contributed by atoms with Crippen LogP contribution < -0.4 is 4.74 Å². The molecule has 35 heavy (non-hydrogen) atoms. The van der Waals surface area contributed by atoms with Gasteiger partial charge in [0.05, 0.1) is 7.11 Å². The Labute approximate surface area is 205 Å². The van der Waals surface area contributed by atoms with Crippen LogP contribution in [-0.2, 0) is 14.3 Å². The van der Waals surface area contributed by atoms with E-state index in [2.05, 4.69) is 16.5 Å². The maximum absolute atomic E-state index is 11.8. The van der Waals surface area contributed by atoms with Crippen molar-refractivity contribution in [3.05, 3.63) is 66.2 Å². The van der Waals surface area contributed by atoms with Gasteiger partial charge in [0, 0.05) is 17.7 Å². The molecule has 0 aromatic heterocycles. The summed E-state index contributed by atoms with van der Waals surface area (Å²) >= 11 is 0. The van der Waals surface area contributed by atoms with Crippen molar-refractivity contribution < 1.29 is 29.0 Å². The molecule has 2 aromatic carbocycles. The minimum absolute atomic E-state index is 0.372. The van der Waals surface area contributed by atoms with Crippen LogP contribution in [0, 0.1) is 0 Å². The topological polar surface area (TPSA) is 97.7 Å². The molecule has 1 heterocycles.